The van der Waals surface area contributed by atoms with Gasteiger partial charge in [0.2, 0.25) is 0 Å². The van der Waals surface area contributed by atoms with Crippen molar-refractivity contribution in [3.05, 3.63) is 35.4 Å². The fourth-order valence-electron chi connectivity index (χ4n) is 2.96. The molecule has 1 aliphatic rings. The van der Waals surface area contributed by atoms with Gasteiger partial charge < -0.3 is 10.6 Å². The van der Waals surface area contributed by atoms with Gasteiger partial charge in [-0.1, -0.05) is 11.6 Å². The summed E-state index contributed by atoms with van der Waals surface area (Å²) in [4.78, 5) is 12.3. The number of alkyl halides is 8. The largest absolute Gasteiger partial charge is 0.459 e. The van der Waals surface area contributed by atoms with Gasteiger partial charge in [-0.15, -0.1) is 0 Å². The molecule has 0 aliphatic heterocycles. The van der Waals surface area contributed by atoms with Crippen LogP contribution in [0.3, 0.4) is 0 Å². The van der Waals surface area contributed by atoms with E-state index in [0.717, 1.165) is 25.6 Å². The van der Waals surface area contributed by atoms with Crippen molar-refractivity contribution >= 4 is 28.4 Å². The number of aryl methyl sites for hydroxylation is 1. The molecule has 1 aliphatic carbocycles. The van der Waals surface area contributed by atoms with Gasteiger partial charge in [0.1, 0.15) is 16.3 Å². The average molecular weight is 545 g/mol. The highest BCUT2D eigenvalue weighted by atomic mass is 35.5. The molecule has 1 amide bonds. The van der Waals surface area contributed by atoms with Gasteiger partial charge in [-0.3, -0.25) is 10.2 Å². The van der Waals surface area contributed by atoms with Crippen LogP contribution in [0.4, 0.5) is 40.8 Å². The van der Waals surface area contributed by atoms with Crippen molar-refractivity contribution in [3.63, 3.8) is 0 Å². The molecule has 0 atom stereocenters. The first kappa shape index (κ1) is 26.9. The molecular formula is C18H13ClF8N8O. The zero-order valence-electron chi connectivity index (χ0n) is 17.7. The third kappa shape index (κ3) is 4.98. The maximum Gasteiger partial charge on any atom is 0.459 e. The Labute approximate surface area is 200 Å². The lowest BCUT2D eigenvalue weighted by molar-refractivity contribution is -0.292. The Kier molecular flexibility index (Phi) is 6.55. The summed E-state index contributed by atoms with van der Waals surface area (Å²) < 4.78 is 107. The van der Waals surface area contributed by atoms with E-state index in [-0.39, 0.29) is 10.4 Å². The third-order valence-electron chi connectivity index (χ3n) is 4.93. The van der Waals surface area contributed by atoms with E-state index in [1.54, 1.807) is 0 Å². The number of hydrogen-bond acceptors (Lipinski definition) is 6. The minimum absolute atomic E-state index is 0.161. The Morgan fingerprint density at radius 1 is 1.25 bits per heavy atom. The highest BCUT2D eigenvalue weighted by molar-refractivity contribution is 6.71. The third-order valence-corrected chi connectivity index (χ3v) is 5.14. The molecule has 3 N–H and O–H groups in total. The lowest BCUT2D eigenvalue weighted by Gasteiger charge is -2.19. The standard InChI is InChI=1S/C18H13ClF8N8O/c1-34-14(10(17(22,23)24)11(33-34)16(20,21)18(25,26)27)35-6-8(4-31-35)30-5-9(12(19)29)13(36)32-15(7-28)2-3-15/h4-6,29-30H,2-3H2,1H3,(H,32,36)/b9-5+,29-12?. The molecule has 0 aromatic carbocycles. The van der Waals surface area contributed by atoms with Crippen LogP contribution in [0.2, 0.25) is 0 Å². The summed E-state index contributed by atoms with van der Waals surface area (Å²) in [6.07, 6.45) is -8.77. The van der Waals surface area contributed by atoms with Crippen LogP contribution >= 0.6 is 11.6 Å². The van der Waals surface area contributed by atoms with Crippen molar-refractivity contribution in [2.45, 2.75) is 36.7 Å². The maximum atomic E-state index is 13.8. The van der Waals surface area contributed by atoms with Crippen LogP contribution in [0.25, 0.3) is 5.82 Å². The first-order chi connectivity index (χ1) is 16.4. The number of nitrogens with one attached hydrogen (secondary N) is 3. The second-order valence-corrected chi connectivity index (χ2v) is 7.96. The number of amides is 1. The Morgan fingerprint density at radius 2 is 1.86 bits per heavy atom. The number of halogens is 9. The summed E-state index contributed by atoms with van der Waals surface area (Å²) in [6.45, 7) is 0. The number of carbonyl (C=O) groups is 1. The van der Waals surface area contributed by atoms with Gasteiger partial charge in [-0.05, 0) is 12.8 Å². The van der Waals surface area contributed by atoms with E-state index < -0.39 is 57.5 Å². The molecule has 0 spiro atoms. The van der Waals surface area contributed by atoms with Crippen LogP contribution < -0.4 is 10.6 Å². The number of nitrogens with zero attached hydrogens (tertiary/aromatic N) is 5. The lowest BCUT2D eigenvalue weighted by atomic mass is 10.1. The maximum absolute atomic E-state index is 13.8. The van der Waals surface area contributed by atoms with Crippen LogP contribution in [0.5, 0.6) is 0 Å². The number of nitriles is 1. The minimum Gasteiger partial charge on any atom is -0.358 e. The molecule has 18 heteroatoms. The van der Waals surface area contributed by atoms with E-state index in [4.69, 9.17) is 22.3 Å². The van der Waals surface area contributed by atoms with E-state index in [1.807, 2.05) is 6.07 Å². The Hall–Kier alpha value is -3.68. The number of anilines is 1. The summed E-state index contributed by atoms with van der Waals surface area (Å²) >= 11 is 5.58. The van der Waals surface area contributed by atoms with E-state index in [1.165, 1.54) is 0 Å². The van der Waals surface area contributed by atoms with Crippen molar-refractivity contribution in [1.29, 1.82) is 10.7 Å². The predicted octanol–water partition coefficient (Wildman–Crippen LogP) is 3.96. The molecule has 1 saturated carbocycles. The van der Waals surface area contributed by atoms with E-state index in [9.17, 15) is 39.9 Å². The molecule has 9 nitrogen and oxygen atoms in total. The van der Waals surface area contributed by atoms with Crippen LogP contribution in [-0.4, -0.2) is 42.4 Å². The molecule has 3 rings (SSSR count). The Morgan fingerprint density at radius 3 is 2.33 bits per heavy atom. The van der Waals surface area contributed by atoms with Gasteiger partial charge in [0.15, 0.2) is 11.5 Å². The highest BCUT2D eigenvalue weighted by Crippen LogP contribution is 2.49. The van der Waals surface area contributed by atoms with Gasteiger partial charge in [0.25, 0.3) is 5.91 Å². The van der Waals surface area contributed by atoms with Gasteiger partial charge in [0.05, 0.1) is 29.7 Å². The van der Waals surface area contributed by atoms with Crippen molar-refractivity contribution < 1.29 is 39.9 Å². The second-order valence-electron chi connectivity index (χ2n) is 7.58. The zero-order valence-corrected chi connectivity index (χ0v) is 18.4. The smallest absolute Gasteiger partial charge is 0.358 e. The lowest BCUT2D eigenvalue weighted by Crippen LogP contribution is -2.37. The number of aromatic nitrogens is 4. The van der Waals surface area contributed by atoms with Crippen molar-refractivity contribution in [3.8, 4) is 11.9 Å². The quantitative estimate of drug-likeness (QED) is 0.276. The molecular weight excluding hydrogens is 532 g/mol. The zero-order chi connectivity index (χ0) is 27.3. The van der Waals surface area contributed by atoms with Gasteiger partial charge in [-0.2, -0.15) is 50.6 Å². The average Bonchev–Trinajstić information content (AvgIpc) is 3.18. The fourth-order valence-corrected chi connectivity index (χ4v) is 3.11. The molecule has 1 fully saturated rings. The normalized spacial score (nSPS) is 15.9. The fraction of sp³-hybridized carbons (Fsp3) is 0.389. The van der Waals surface area contributed by atoms with Crippen molar-refractivity contribution in [2.24, 2.45) is 7.05 Å². The SMILES string of the molecule is Cn1nc(C(F)(F)C(F)(F)F)c(C(F)(F)F)c1-n1cc(N/C=C(\C(=N)Cl)C(=O)NC2(C#N)CC2)cn1. The summed E-state index contributed by atoms with van der Waals surface area (Å²) in [5, 5.41) is 26.9. The van der Waals surface area contributed by atoms with E-state index in [0.29, 0.717) is 17.5 Å². The van der Waals surface area contributed by atoms with Gasteiger partial charge >= 0.3 is 18.3 Å². The molecule has 2 aromatic heterocycles. The molecule has 0 bridgehead atoms. The summed E-state index contributed by atoms with van der Waals surface area (Å²) in [5.41, 5.74) is -6.64. The van der Waals surface area contributed by atoms with Crippen LogP contribution in [0.1, 0.15) is 24.1 Å². The monoisotopic (exact) mass is 544 g/mol. The molecule has 0 unspecified atom stereocenters. The van der Waals surface area contributed by atoms with Crippen LogP contribution in [0.15, 0.2) is 24.2 Å². The Bertz CT molecular complexity index is 1280. The van der Waals surface area contributed by atoms with Crippen molar-refractivity contribution in [1.82, 2.24) is 24.9 Å². The number of hydrogen-bond donors (Lipinski definition) is 3. The first-order valence-corrected chi connectivity index (χ1v) is 9.90. The molecule has 194 valence electrons. The highest BCUT2D eigenvalue weighted by Gasteiger charge is 2.64. The molecule has 36 heavy (non-hydrogen) atoms. The molecule has 0 radical (unpaired) electrons. The molecule has 2 heterocycles. The molecule has 0 saturated heterocycles. The summed E-state index contributed by atoms with van der Waals surface area (Å²) in [6, 6.07) is 1.89. The second kappa shape index (κ2) is 8.76. The minimum atomic E-state index is -6.35. The first-order valence-electron chi connectivity index (χ1n) is 9.52. The van der Waals surface area contributed by atoms with E-state index >= 15 is 0 Å². The van der Waals surface area contributed by atoms with Gasteiger partial charge in [-0.25, -0.2) is 9.36 Å². The van der Waals surface area contributed by atoms with E-state index in [2.05, 4.69) is 20.8 Å². The van der Waals surface area contributed by atoms with Crippen LogP contribution in [-0.2, 0) is 23.9 Å². The van der Waals surface area contributed by atoms with Gasteiger partial charge in [0, 0.05) is 13.2 Å². The summed E-state index contributed by atoms with van der Waals surface area (Å²) in [5.74, 6) is -8.07. The summed E-state index contributed by atoms with van der Waals surface area (Å²) in [7, 11) is 0.718. The van der Waals surface area contributed by atoms with Crippen LogP contribution in [0, 0.1) is 16.7 Å². The number of rotatable bonds is 7. The topological polar surface area (TPSA) is 124 Å². The number of carbonyl (C=O) groups excluding carboxylic acids is 1. The van der Waals surface area contributed by atoms with Crippen molar-refractivity contribution in [2.75, 3.05) is 5.32 Å². The molecule has 2 aromatic rings. The Balaban J connectivity index is 1.97. The predicted molar refractivity (Wildman–Crippen MR) is 106 cm³/mol.